The Morgan fingerprint density at radius 3 is 1.95 bits per heavy atom. The van der Waals surface area contributed by atoms with Crippen molar-refractivity contribution in [3.05, 3.63) is 138 Å². The number of rotatable bonds is 4. The standard InChI is InChI=1S/C37H38N2/c1-26-32(38(3,4)34-24-22-28-16-12-14-18-30(28)36(26)34)20-10-8-7-9-11-21-33-27(2)37-31-19-15-13-17-29(31)23-25-35(37)39(33,5)6/h7-26H,1-6H3/q+2. The number of hydrogen-bond acceptors (Lipinski definition) is 0. The predicted molar refractivity (Wildman–Crippen MR) is 172 cm³/mol. The van der Waals surface area contributed by atoms with E-state index in [1.807, 2.05) is 0 Å². The van der Waals surface area contributed by atoms with Gasteiger partial charge in [0.15, 0.2) is 0 Å². The van der Waals surface area contributed by atoms with E-state index < -0.39 is 0 Å². The van der Waals surface area contributed by atoms with Crippen LogP contribution in [-0.2, 0) is 0 Å². The first-order valence-electron chi connectivity index (χ1n) is 13.9. The van der Waals surface area contributed by atoms with Crippen LogP contribution in [0, 0.1) is 0 Å². The number of nitrogens with zero attached hydrogens (tertiary/aromatic N) is 2. The molecule has 194 valence electrons. The molecule has 2 aliphatic heterocycles. The number of likely N-dealkylation sites (N-methyl/N-ethyl adjacent to an activating group) is 2. The fraction of sp³-hybridized carbons (Fsp3) is 0.189. The van der Waals surface area contributed by atoms with Gasteiger partial charge in [0.2, 0.25) is 0 Å². The predicted octanol–water partition coefficient (Wildman–Crippen LogP) is 9.24. The quantitative estimate of drug-likeness (QED) is 0.190. The third-order valence-electron chi connectivity index (χ3n) is 8.91. The maximum Gasteiger partial charge on any atom is 0.145 e. The maximum atomic E-state index is 2.34. The Morgan fingerprint density at radius 1 is 0.615 bits per heavy atom. The van der Waals surface area contributed by atoms with Crippen molar-refractivity contribution in [3.63, 3.8) is 0 Å². The zero-order valence-electron chi connectivity index (χ0n) is 23.9. The van der Waals surface area contributed by atoms with Gasteiger partial charge in [0, 0.05) is 23.3 Å². The van der Waals surface area contributed by atoms with E-state index in [9.17, 15) is 0 Å². The number of fused-ring (bicyclic) bond motifs is 6. The van der Waals surface area contributed by atoms with Crippen molar-refractivity contribution in [2.45, 2.75) is 19.8 Å². The van der Waals surface area contributed by atoms with E-state index in [0.717, 1.165) is 8.97 Å². The van der Waals surface area contributed by atoms with Gasteiger partial charge in [-0.05, 0) is 59.7 Å². The molecule has 1 unspecified atom stereocenters. The Balaban J connectivity index is 1.22. The highest BCUT2D eigenvalue weighted by Crippen LogP contribution is 2.50. The second-order valence-electron chi connectivity index (χ2n) is 11.8. The second-order valence-corrected chi connectivity index (χ2v) is 11.8. The van der Waals surface area contributed by atoms with Crippen LogP contribution >= 0.6 is 0 Å². The molecule has 2 nitrogen and oxygen atoms in total. The van der Waals surface area contributed by atoms with Crippen molar-refractivity contribution >= 4 is 38.5 Å². The van der Waals surface area contributed by atoms with Crippen LogP contribution in [0.15, 0.2) is 127 Å². The lowest BCUT2D eigenvalue weighted by Gasteiger charge is -2.26. The van der Waals surface area contributed by atoms with Gasteiger partial charge < -0.3 is 0 Å². The molecule has 6 rings (SSSR count). The summed E-state index contributed by atoms with van der Waals surface area (Å²) in [7, 11) is 9.16. The lowest BCUT2D eigenvalue weighted by molar-refractivity contribution is 0.494. The summed E-state index contributed by atoms with van der Waals surface area (Å²) >= 11 is 0. The fourth-order valence-electron chi connectivity index (χ4n) is 6.93. The Kier molecular flexibility index (Phi) is 6.06. The average Bonchev–Trinajstić information content (AvgIpc) is 3.25. The Labute approximate surface area is 233 Å². The Morgan fingerprint density at radius 2 is 1.21 bits per heavy atom. The van der Waals surface area contributed by atoms with E-state index in [1.54, 1.807) is 0 Å². The SMILES string of the molecule is CC1=C(C=CC=CC=CC=C2C(C)c3c(ccc4ccccc34)[N+]2(C)C)[N+](C)(C)c2ccc3ccccc3c21. The van der Waals surface area contributed by atoms with Crippen LogP contribution in [0.4, 0.5) is 11.4 Å². The van der Waals surface area contributed by atoms with Crippen LogP contribution in [0.25, 0.3) is 27.1 Å². The number of allylic oxidation sites excluding steroid dienone is 9. The van der Waals surface area contributed by atoms with E-state index in [1.165, 1.54) is 61.0 Å². The topological polar surface area (TPSA) is 0 Å². The van der Waals surface area contributed by atoms with Crippen molar-refractivity contribution in [2.75, 3.05) is 28.2 Å². The second kappa shape index (κ2) is 9.34. The van der Waals surface area contributed by atoms with E-state index >= 15 is 0 Å². The van der Waals surface area contributed by atoms with Crippen molar-refractivity contribution in [2.24, 2.45) is 0 Å². The van der Waals surface area contributed by atoms with Crippen LogP contribution in [0.3, 0.4) is 0 Å². The summed E-state index contributed by atoms with van der Waals surface area (Å²) in [5, 5.41) is 5.33. The molecular formula is C37H38N2+2. The molecule has 0 aromatic heterocycles. The van der Waals surface area contributed by atoms with Gasteiger partial charge in [-0.15, -0.1) is 0 Å². The molecule has 1 atom stereocenters. The third-order valence-corrected chi connectivity index (χ3v) is 8.91. The molecular weight excluding hydrogens is 472 g/mol. The van der Waals surface area contributed by atoms with Gasteiger partial charge in [0.25, 0.3) is 0 Å². The number of quaternary nitrogens is 2. The summed E-state index contributed by atoms with van der Waals surface area (Å²) in [4.78, 5) is 0. The lowest BCUT2D eigenvalue weighted by Crippen LogP contribution is -2.36. The first-order chi connectivity index (χ1) is 18.7. The van der Waals surface area contributed by atoms with Gasteiger partial charge >= 0.3 is 0 Å². The molecule has 2 aliphatic rings. The smallest absolute Gasteiger partial charge is 0.145 e. The normalized spacial score (nSPS) is 20.9. The molecule has 0 radical (unpaired) electrons. The summed E-state index contributed by atoms with van der Waals surface area (Å²) in [6.07, 6.45) is 15.3. The van der Waals surface area contributed by atoms with E-state index in [-0.39, 0.29) is 0 Å². The zero-order chi connectivity index (χ0) is 27.4. The first-order valence-corrected chi connectivity index (χ1v) is 13.9. The third kappa shape index (κ3) is 3.95. The van der Waals surface area contributed by atoms with Gasteiger partial charge in [0.1, 0.15) is 22.8 Å². The summed E-state index contributed by atoms with van der Waals surface area (Å²) in [6, 6.07) is 26.6. The van der Waals surface area contributed by atoms with Gasteiger partial charge in [-0.25, -0.2) is 0 Å². The zero-order valence-corrected chi connectivity index (χ0v) is 23.9. The molecule has 0 fully saturated rings. The Hall–Kier alpha value is -3.98. The first kappa shape index (κ1) is 25.3. The summed E-state index contributed by atoms with van der Waals surface area (Å²) in [5.41, 5.74) is 9.72. The summed E-state index contributed by atoms with van der Waals surface area (Å²) in [6.45, 7) is 4.60. The molecule has 0 spiro atoms. The van der Waals surface area contributed by atoms with Gasteiger partial charge in [-0.2, -0.15) is 0 Å². The highest BCUT2D eigenvalue weighted by Gasteiger charge is 2.42. The number of benzene rings is 4. The van der Waals surface area contributed by atoms with Crippen LogP contribution < -0.4 is 8.97 Å². The van der Waals surface area contributed by atoms with E-state index in [4.69, 9.17) is 0 Å². The van der Waals surface area contributed by atoms with Crippen molar-refractivity contribution < 1.29 is 0 Å². The minimum atomic E-state index is 0.379. The van der Waals surface area contributed by atoms with Crippen LogP contribution in [-0.4, -0.2) is 28.2 Å². The minimum Gasteiger partial charge on any atom is -0.266 e. The van der Waals surface area contributed by atoms with E-state index in [2.05, 4.69) is 157 Å². The summed E-state index contributed by atoms with van der Waals surface area (Å²) < 4.78 is 1.56. The number of hydrogen-bond donors (Lipinski definition) is 0. The highest BCUT2D eigenvalue weighted by molar-refractivity contribution is 6.02. The summed E-state index contributed by atoms with van der Waals surface area (Å²) in [5.74, 6) is 0.379. The monoisotopic (exact) mass is 510 g/mol. The Bertz CT molecular complexity index is 1770. The molecule has 0 saturated carbocycles. The van der Waals surface area contributed by atoms with Gasteiger partial charge in [0.05, 0.1) is 39.7 Å². The maximum absolute atomic E-state index is 2.34. The highest BCUT2D eigenvalue weighted by atomic mass is 15.3. The van der Waals surface area contributed by atoms with Crippen LogP contribution in [0.5, 0.6) is 0 Å². The molecule has 2 heterocycles. The van der Waals surface area contributed by atoms with E-state index in [0.29, 0.717) is 5.92 Å². The largest absolute Gasteiger partial charge is 0.266 e. The van der Waals surface area contributed by atoms with Crippen LogP contribution in [0.1, 0.15) is 30.9 Å². The van der Waals surface area contributed by atoms with Crippen LogP contribution in [0.2, 0.25) is 0 Å². The van der Waals surface area contributed by atoms with Crippen molar-refractivity contribution in [1.29, 1.82) is 0 Å². The lowest BCUT2D eigenvalue weighted by atomic mass is 9.94. The van der Waals surface area contributed by atoms with Crippen molar-refractivity contribution in [3.8, 4) is 0 Å². The average molecular weight is 511 g/mol. The molecule has 39 heavy (non-hydrogen) atoms. The molecule has 0 amide bonds. The molecule has 0 N–H and O–H groups in total. The van der Waals surface area contributed by atoms with Gasteiger partial charge in [-0.1, -0.05) is 78.9 Å². The molecule has 0 aliphatic carbocycles. The molecule has 2 heteroatoms. The minimum absolute atomic E-state index is 0.379. The molecule has 0 bridgehead atoms. The van der Waals surface area contributed by atoms with Gasteiger partial charge in [-0.3, -0.25) is 8.97 Å². The molecule has 0 saturated heterocycles. The molecule has 4 aromatic carbocycles. The fourth-order valence-corrected chi connectivity index (χ4v) is 6.93. The molecule has 4 aromatic rings. The van der Waals surface area contributed by atoms with Crippen molar-refractivity contribution in [1.82, 2.24) is 8.97 Å².